The van der Waals surface area contributed by atoms with Crippen LogP contribution in [-0.4, -0.2) is 8.42 Å². The Kier molecular flexibility index (Phi) is 3.55. The molecule has 5 N–H and O–H groups in total. The molecular weight excluding hydrogens is 286 g/mol. The average Bonchev–Trinajstić information content (AvgIpc) is 2.35. The minimum atomic E-state index is -3.83. The van der Waals surface area contributed by atoms with Crippen LogP contribution in [-0.2, 0) is 10.0 Å². The molecule has 19 heavy (non-hydrogen) atoms. The molecular formula is C12H12ClN3O2S. The second kappa shape index (κ2) is 4.99. The van der Waals surface area contributed by atoms with Gasteiger partial charge in [-0.2, -0.15) is 0 Å². The Labute approximate surface area is 116 Å². The molecule has 0 aliphatic rings. The molecule has 2 aromatic carbocycles. The molecule has 0 atom stereocenters. The number of rotatable bonds is 3. The van der Waals surface area contributed by atoms with Gasteiger partial charge >= 0.3 is 0 Å². The highest BCUT2D eigenvalue weighted by atomic mass is 35.5. The van der Waals surface area contributed by atoms with Gasteiger partial charge in [0.05, 0.1) is 22.1 Å². The molecule has 0 radical (unpaired) electrons. The second-order valence-electron chi connectivity index (χ2n) is 3.84. The fourth-order valence-electron chi connectivity index (χ4n) is 1.54. The van der Waals surface area contributed by atoms with Crippen LogP contribution in [0.1, 0.15) is 0 Å². The minimum absolute atomic E-state index is 0.0158. The number of nitrogens with one attached hydrogen (secondary N) is 1. The van der Waals surface area contributed by atoms with Crippen molar-refractivity contribution in [3.63, 3.8) is 0 Å². The number of nitrogen functional groups attached to an aromatic ring is 2. The van der Waals surface area contributed by atoms with Crippen LogP contribution < -0.4 is 16.2 Å². The number of nitrogens with two attached hydrogens (primary N) is 2. The molecule has 0 unspecified atom stereocenters. The third-order valence-corrected chi connectivity index (χ3v) is 4.26. The van der Waals surface area contributed by atoms with Gasteiger partial charge in [0.15, 0.2) is 0 Å². The van der Waals surface area contributed by atoms with Crippen molar-refractivity contribution in [3.8, 4) is 0 Å². The number of benzene rings is 2. The highest BCUT2D eigenvalue weighted by molar-refractivity contribution is 7.93. The van der Waals surface area contributed by atoms with Gasteiger partial charge in [-0.3, -0.25) is 4.72 Å². The van der Waals surface area contributed by atoms with E-state index in [0.717, 1.165) is 0 Å². The van der Waals surface area contributed by atoms with Crippen LogP contribution in [0.25, 0.3) is 0 Å². The molecule has 2 aromatic rings. The average molecular weight is 298 g/mol. The Balaban J connectivity index is 2.44. The van der Waals surface area contributed by atoms with Crippen molar-refractivity contribution in [1.29, 1.82) is 0 Å². The molecule has 0 aliphatic carbocycles. The molecule has 0 spiro atoms. The van der Waals surface area contributed by atoms with E-state index in [1.165, 1.54) is 18.2 Å². The van der Waals surface area contributed by atoms with Crippen LogP contribution in [0.4, 0.5) is 17.1 Å². The predicted molar refractivity (Wildman–Crippen MR) is 77.5 cm³/mol. The Morgan fingerprint density at radius 3 is 2.37 bits per heavy atom. The van der Waals surface area contributed by atoms with Gasteiger partial charge < -0.3 is 11.5 Å². The van der Waals surface area contributed by atoms with Crippen LogP contribution in [0.2, 0.25) is 5.02 Å². The molecule has 0 amide bonds. The normalized spacial score (nSPS) is 11.2. The molecule has 0 aliphatic heterocycles. The van der Waals surface area contributed by atoms with E-state index in [2.05, 4.69) is 4.72 Å². The Morgan fingerprint density at radius 1 is 1.00 bits per heavy atom. The molecule has 100 valence electrons. The summed E-state index contributed by atoms with van der Waals surface area (Å²) in [6, 6.07) is 11.0. The monoisotopic (exact) mass is 297 g/mol. The summed E-state index contributed by atoms with van der Waals surface area (Å²) in [7, 11) is -3.83. The topological polar surface area (TPSA) is 98.2 Å². The van der Waals surface area contributed by atoms with E-state index in [1.54, 1.807) is 24.3 Å². The second-order valence-corrected chi connectivity index (χ2v) is 5.90. The standard InChI is InChI=1S/C12H12ClN3O2S/c13-8-4-1-2-6-10(8)16-19(17,18)11-7-3-5-9(14)12(11)15/h1-7,16H,14-15H2. The number of para-hydroxylation sites is 2. The van der Waals surface area contributed by atoms with Gasteiger partial charge in [0.25, 0.3) is 10.0 Å². The lowest BCUT2D eigenvalue weighted by molar-refractivity contribution is 0.601. The Morgan fingerprint density at radius 2 is 1.68 bits per heavy atom. The van der Waals surface area contributed by atoms with Gasteiger partial charge in [0, 0.05) is 0 Å². The number of hydrogen-bond donors (Lipinski definition) is 3. The minimum Gasteiger partial charge on any atom is -0.397 e. The van der Waals surface area contributed by atoms with Gasteiger partial charge in [0.1, 0.15) is 4.90 Å². The highest BCUT2D eigenvalue weighted by Gasteiger charge is 2.19. The Hall–Kier alpha value is -1.92. The van der Waals surface area contributed by atoms with Crippen molar-refractivity contribution in [3.05, 3.63) is 47.5 Å². The third-order valence-electron chi connectivity index (χ3n) is 2.51. The first-order valence-electron chi connectivity index (χ1n) is 5.33. The molecule has 7 heteroatoms. The van der Waals surface area contributed by atoms with E-state index in [-0.39, 0.29) is 22.0 Å². The van der Waals surface area contributed by atoms with Gasteiger partial charge in [-0.25, -0.2) is 8.42 Å². The van der Waals surface area contributed by atoms with Crippen molar-refractivity contribution in [1.82, 2.24) is 0 Å². The van der Waals surface area contributed by atoms with Crippen LogP contribution in [0.5, 0.6) is 0 Å². The first-order valence-corrected chi connectivity index (χ1v) is 7.19. The molecule has 0 saturated carbocycles. The zero-order valence-electron chi connectivity index (χ0n) is 9.80. The van der Waals surface area contributed by atoms with Gasteiger partial charge in [0.2, 0.25) is 0 Å². The van der Waals surface area contributed by atoms with Crippen LogP contribution in [0.3, 0.4) is 0 Å². The smallest absolute Gasteiger partial charge is 0.264 e. The van der Waals surface area contributed by atoms with Crippen molar-refractivity contribution in [2.75, 3.05) is 16.2 Å². The molecule has 5 nitrogen and oxygen atoms in total. The highest BCUT2D eigenvalue weighted by Crippen LogP contribution is 2.28. The van der Waals surface area contributed by atoms with Crippen molar-refractivity contribution >= 4 is 38.7 Å². The maximum Gasteiger partial charge on any atom is 0.264 e. The summed E-state index contributed by atoms with van der Waals surface area (Å²) >= 11 is 5.91. The molecule has 2 rings (SSSR count). The van der Waals surface area contributed by atoms with Crippen LogP contribution in [0.15, 0.2) is 47.4 Å². The summed E-state index contributed by atoms with van der Waals surface area (Å²) in [5.41, 5.74) is 11.8. The summed E-state index contributed by atoms with van der Waals surface area (Å²) in [5.74, 6) is 0. The van der Waals surface area contributed by atoms with Gasteiger partial charge in [-0.05, 0) is 24.3 Å². The van der Waals surface area contributed by atoms with Crippen molar-refractivity contribution in [2.24, 2.45) is 0 Å². The van der Waals surface area contributed by atoms with E-state index in [9.17, 15) is 8.42 Å². The summed E-state index contributed by atoms with van der Waals surface area (Å²) in [6.07, 6.45) is 0. The molecule has 0 heterocycles. The van der Waals surface area contributed by atoms with E-state index >= 15 is 0 Å². The number of anilines is 3. The zero-order valence-corrected chi connectivity index (χ0v) is 11.4. The fraction of sp³-hybridized carbons (Fsp3) is 0. The summed E-state index contributed by atoms with van der Waals surface area (Å²) in [5, 5.41) is 0.300. The fourth-order valence-corrected chi connectivity index (χ4v) is 3.02. The predicted octanol–water partition coefficient (Wildman–Crippen LogP) is 2.31. The van der Waals surface area contributed by atoms with Gasteiger partial charge in [-0.15, -0.1) is 0 Å². The largest absolute Gasteiger partial charge is 0.397 e. The Bertz CT molecular complexity index is 717. The summed E-state index contributed by atoms with van der Waals surface area (Å²) in [6.45, 7) is 0. The lowest BCUT2D eigenvalue weighted by Gasteiger charge is -2.12. The quantitative estimate of drug-likeness (QED) is 0.757. The van der Waals surface area contributed by atoms with E-state index < -0.39 is 10.0 Å². The molecule has 0 bridgehead atoms. The van der Waals surface area contributed by atoms with E-state index in [1.807, 2.05) is 0 Å². The van der Waals surface area contributed by atoms with E-state index in [0.29, 0.717) is 5.02 Å². The lowest BCUT2D eigenvalue weighted by Crippen LogP contribution is -2.15. The SMILES string of the molecule is Nc1cccc(S(=O)(=O)Nc2ccccc2Cl)c1N. The van der Waals surface area contributed by atoms with Crippen molar-refractivity contribution < 1.29 is 8.42 Å². The maximum atomic E-state index is 12.2. The van der Waals surface area contributed by atoms with Gasteiger partial charge in [-0.1, -0.05) is 29.8 Å². The van der Waals surface area contributed by atoms with Crippen molar-refractivity contribution in [2.45, 2.75) is 4.90 Å². The van der Waals surface area contributed by atoms with E-state index in [4.69, 9.17) is 23.1 Å². The zero-order chi connectivity index (χ0) is 14.0. The third kappa shape index (κ3) is 2.74. The number of sulfonamides is 1. The first kappa shape index (κ1) is 13.5. The maximum absolute atomic E-state index is 12.2. The lowest BCUT2D eigenvalue weighted by atomic mass is 10.3. The summed E-state index contributed by atoms with van der Waals surface area (Å²) < 4.78 is 26.8. The number of halogens is 1. The molecule has 0 saturated heterocycles. The molecule has 0 fully saturated rings. The first-order chi connectivity index (χ1) is 8.92. The summed E-state index contributed by atoms with van der Waals surface area (Å²) in [4.78, 5) is -0.0765. The number of hydrogen-bond acceptors (Lipinski definition) is 4. The molecule has 0 aromatic heterocycles. The van der Waals surface area contributed by atoms with Crippen LogP contribution >= 0.6 is 11.6 Å². The van der Waals surface area contributed by atoms with Crippen LogP contribution in [0, 0.1) is 0 Å².